The standard InChI is InChI=1S/C24H28/c1-23(2)18-12-13-24(23,3)21(15-18)22-19-10-6-4-8-16(19)14-17-9-5-7-11-20(17)22/h4-11,18,21-22H,12-15H2,1-3H3/t18-,21-,24+/m0/s1. The maximum Gasteiger partial charge on any atom is 0.0129 e. The third kappa shape index (κ3) is 1.70. The predicted molar refractivity (Wildman–Crippen MR) is 100 cm³/mol. The molecule has 3 aliphatic carbocycles. The second-order valence-electron chi connectivity index (χ2n) is 9.27. The number of hydrogen-bond donors (Lipinski definition) is 0. The monoisotopic (exact) mass is 316 g/mol. The first kappa shape index (κ1) is 14.8. The molecule has 0 unspecified atom stereocenters. The summed E-state index contributed by atoms with van der Waals surface area (Å²) < 4.78 is 0. The van der Waals surface area contributed by atoms with Gasteiger partial charge in [0.05, 0.1) is 0 Å². The van der Waals surface area contributed by atoms with E-state index in [1.165, 1.54) is 19.3 Å². The highest BCUT2D eigenvalue weighted by molar-refractivity contribution is 5.50. The van der Waals surface area contributed by atoms with E-state index in [0.29, 0.717) is 16.7 Å². The van der Waals surface area contributed by atoms with Crippen LogP contribution in [-0.4, -0.2) is 0 Å². The van der Waals surface area contributed by atoms with Gasteiger partial charge in [-0.3, -0.25) is 0 Å². The van der Waals surface area contributed by atoms with Crippen molar-refractivity contribution in [1.82, 2.24) is 0 Å². The molecule has 0 spiro atoms. The minimum atomic E-state index is 0.472. The van der Waals surface area contributed by atoms with Gasteiger partial charge in [0, 0.05) is 5.92 Å². The summed E-state index contributed by atoms with van der Waals surface area (Å²) in [6.45, 7) is 7.70. The first-order valence-electron chi connectivity index (χ1n) is 9.68. The second-order valence-corrected chi connectivity index (χ2v) is 9.27. The molecule has 0 heterocycles. The average molecular weight is 316 g/mol. The van der Waals surface area contributed by atoms with Crippen LogP contribution in [0.4, 0.5) is 0 Å². The quantitative estimate of drug-likeness (QED) is 0.589. The molecule has 0 radical (unpaired) electrons. The Bertz CT molecular complexity index is 754. The zero-order valence-electron chi connectivity index (χ0n) is 15.2. The van der Waals surface area contributed by atoms with Gasteiger partial charge in [0.1, 0.15) is 0 Å². The number of rotatable bonds is 1. The molecule has 124 valence electrons. The van der Waals surface area contributed by atoms with Gasteiger partial charge in [-0.2, -0.15) is 0 Å². The van der Waals surface area contributed by atoms with E-state index in [0.717, 1.165) is 18.3 Å². The SMILES string of the molecule is CC1(C)[C@H]2CC[C@]1(C)[C@H](C1c3ccccc3Cc3ccccc31)C2. The van der Waals surface area contributed by atoms with E-state index in [-0.39, 0.29) is 0 Å². The van der Waals surface area contributed by atoms with Gasteiger partial charge in [-0.1, -0.05) is 69.3 Å². The van der Waals surface area contributed by atoms with Crippen LogP contribution in [0.3, 0.4) is 0 Å². The van der Waals surface area contributed by atoms with Gasteiger partial charge in [-0.15, -0.1) is 0 Å². The molecule has 0 aliphatic heterocycles. The van der Waals surface area contributed by atoms with Crippen molar-refractivity contribution in [1.29, 1.82) is 0 Å². The van der Waals surface area contributed by atoms with Gasteiger partial charge in [0.2, 0.25) is 0 Å². The van der Waals surface area contributed by atoms with Gasteiger partial charge in [-0.25, -0.2) is 0 Å². The van der Waals surface area contributed by atoms with Gasteiger partial charge in [0.25, 0.3) is 0 Å². The summed E-state index contributed by atoms with van der Waals surface area (Å²) in [5.41, 5.74) is 7.31. The Hall–Kier alpha value is -1.56. The maximum atomic E-state index is 2.60. The summed E-state index contributed by atoms with van der Waals surface area (Å²) >= 11 is 0. The Kier molecular flexibility index (Phi) is 2.92. The molecule has 0 heteroatoms. The van der Waals surface area contributed by atoms with E-state index in [2.05, 4.69) is 69.3 Å². The van der Waals surface area contributed by atoms with Crippen molar-refractivity contribution in [2.24, 2.45) is 22.7 Å². The van der Waals surface area contributed by atoms with Crippen molar-refractivity contribution in [3.05, 3.63) is 70.8 Å². The summed E-state index contributed by atoms with van der Waals surface area (Å²) in [5.74, 6) is 2.29. The molecule has 2 fully saturated rings. The summed E-state index contributed by atoms with van der Waals surface area (Å²) in [7, 11) is 0. The van der Waals surface area contributed by atoms with E-state index in [4.69, 9.17) is 0 Å². The Morgan fingerprint density at radius 3 is 1.92 bits per heavy atom. The lowest BCUT2D eigenvalue weighted by Crippen LogP contribution is -2.36. The molecule has 2 aromatic rings. The highest BCUT2D eigenvalue weighted by Crippen LogP contribution is 2.71. The van der Waals surface area contributed by atoms with Crippen LogP contribution < -0.4 is 0 Å². The molecular formula is C24H28. The Morgan fingerprint density at radius 2 is 1.42 bits per heavy atom. The van der Waals surface area contributed by atoms with E-state index in [1.54, 1.807) is 22.3 Å². The lowest BCUT2D eigenvalue weighted by Gasteiger charge is -2.45. The zero-order valence-corrected chi connectivity index (χ0v) is 15.2. The fourth-order valence-corrected chi connectivity index (χ4v) is 6.57. The van der Waals surface area contributed by atoms with Crippen molar-refractivity contribution < 1.29 is 0 Å². The van der Waals surface area contributed by atoms with Crippen molar-refractivity contribution in [2.75, 3.05) is 0 Å². The van der Waals surface area contributed by atoms with Crippen LogP contribution in [0.2, 0.25) is 0 Å². The van der Waals surface area contributed by atoms with Crippen molar-refractivity contribution >= 4 is 0 Å². The van der Waals surface area contributed by atoms with Gasteiger partial charge in [0.15, 0.2) is 0 Å². The number of fused-ring (bicyclic) bond motifs is 4. The van der Waals surface area contributed by atoms with Crippen LogP contribution in [0, 0.1) is 22.7 Å². The zero-order chi connectivity index (χ0) is 16.5. The minimum absolute atomic E-state index is 0.472. The minimum Gasteiger partial charge on any atom is -0.0620 e. The molecule has 0 amide bonds. The largest absolute Gasteiger partial charge is 0.0620 e. The molecule has 2 aromatic carbocycles. The normalized spacial score (nSPS) is 33.3. The molecule has 2 saturated carbocycles. The molecule has 3 aliphatic rings. The van der Waals surface area contributed by atoms with Gasteiger partial charge in [-0.05, 0) is 70.6 Å². The van der Waals surface area contributed by atoms with Crippen LogP contribution in [0.15, 0.2) is 48.5 Å². The van der Waals surface area contributed by atoms with Crippen LogP contribution in [0.1, 0.15) is 68.2 Å². The fourth-order valence-electron chi connectivity index (χ4n) is 6.57. The Labute approximate surface area is 146 Å². The summed E-state index contributed by atoms with van der Waals surface area (Å²) in [4.78, 5) is 0. The topological polar surface area (TPSA) is 0 Å². The van der Waals surface area contributed by atoms with E-state index in [9.17, 15) is 0 Å². The van der Waals surface area contributed by atoms with Crippen LogP contribution >= 0.6 is 0 Å². The van der Waals surface area contributed by atoms with Crippen molar-refractivity contribution in [2.45, 2.75) is 52.4 Å². The smallest absolute Gasteiger partial charge is 0.0129 e. The molecular weight excluding hydrogens is 288 g/mol. The first-order valence-corrected chi connectivity index (χ1v) is 9.68. The first-order chi connectivity index (χ1) is 11.5. The molecule has 5 rings (SSSR count). The molecule has 0 N–H and O–H groups in total. The van der Waals surface area contributed by atoms with Gasteiger partial charge < -0.3 is 0 Å². The highest BCUT2D eigenvalue weighted by atomic mass is 14.7. The van der Waals surface area contributed by atoms with Crippen molar-refractivity contribution in [3.8, 4) is 0 Å². The van der Waals surface area contributed by atoms with E-state index >= 15 is 0 Å². The van der Waals surface area contributed by atoms with Gasteiger partial charge >= 0.3 is 0 Å². The van der Waals surface area contributed by atoms with Crippen molar-refractivity contribution in [3.63, 3.8) is 0 Å². The molecule has 2 bridgehead atoms. The Morgan fingerprint density at radius 1 is 0.833 bits per heavy atom. The molecule has 0 saturated heterocycles. The third-order valence-electron chi connectivity index (χ3n) is 8.43. The molecule has 0 aromatic heterocycles. The van der Waals surface area contributed by atoms with Crippen LogP contribution in [0.5, 0.6) is 0 Å². The maximum absolute atomic E-state index is 2.60. The lowest BCUT2D eigenvalue weighted by molar-refractivity contribution is 0.0930. The third-order valence-corrected chi connectivity index (χ3v) is 8.43. The lowest BCUT2D eigenvalue weighted by atomic mass is 9.59. The number of benzene rings is 2. The molecule has 3 atom stereocenters. The summed E-state index contributed by atoms with van der Waals surface area (Å²) in [5, 5.41) is 0. The highest BCUT2D eigenvalue weighted by Gasteiger charge is 2.63. The second kappa shape index (κ2) is 4.75. The van der Waals surface area contributed by atoms with Crippen LogP contribution in [0.25, 0.3) is 0 Å². The van der Waals surface area contributed by atoms with E-state index < -0.39 is 0 Å². The fraction of sp³-hybridized carbons (Fsp3) is 0.500. The van der Waals surface area contributed by atoms with Crippen LogP contribution in [-0.2, 0) is 6.42 Å². The summed E-state index contributed by atoms with van der Waals surface area (Å²) in [6, 6.07) is 18.5. The molecule has 0 nitrogen and oxygen atoms in total. The molecule has 24 heavy (non-hydrogen) atoms. The predicted octanol–water partition coefficient (Wildman–Crippen LogP) is 6.19. The number of hydrogen-bond acceptors (Lipinski definition) is 0. The summed E-state index contributed by atoms with van der Waals surface area (Å²) in [6.07, 6.45) is 5.38. The average Bonchev–Trinajstić information content (AvgIpc) is 2.93. The Balaban J connectivity index is 1.70. The van der Waals surface area contributed by atoms with E-state index in [1.807, 2.05) is 0 Å².